The second-order valence-corrected chi connectivity index (χ2v) is 8.42. The smallest absolute Gasteiger partial charge is 0.270 e. The minimum absolute atomic E-state index is 0.0789. The van der Waals surface area contributed by atoms with Crippen molar-refractivity contribution in [3.05, 3.63) is 39.5 Å². The van der Waals surface area contributed by atoms with E-state index in [2.05, 4.69) is 4.98 Å². The van der Waals surface area contributed by atoms with E-state index in [0.717, 1.165) is 22.5 Å². The number of carbonyl (C=O) groups excluding carboxylic acids is 1. The van der Waals surface area contributed by atoms with Crippen molar-refractivity contribution in [1.29, 1.82) is 0 Å². The van der Waals surface area contributed by atoms with Gasteiger partial charge in [-0.2, -0.15) is 0 Å². The number of fused-ring (bicyclic) bond motifs is 1. The summed E-state index contributed by atoms with van der Waals surface area (Å²) in [7, 11) is 5.59. The summed E-state index contributed by atoms with van der Waals surface area (Å²) in [5.41, 5.74) is 0.825. The number of likely N-dealkylation sites (N-methyl/N-ethyl adjacent to an activating group) is 1. The molecule has 3 rings (SSSR count). The van der Waals surface area contributed by atoms with Gasteiger partial charge in [-0.1, -0.05) is 22.9 Å². The van der Waals surface area contributed by atoms with Gasteiger partial charge in [-0.25, -0.2) is 4.98 Å². The molecule has 0 unspecified atom stereocenters. The van der Waals surface area contributed by atoms with Gasteiger partial charge in [-0.3, -0.25) is 9.69 Å². The lowest BCUT2D eigenvalue weighted by molar-refractivity contribution is 0.0989. The van der Waals surface area contributed by atoms with Crippen LogP contribution in [0.5, 0.6) is 5.75 Å². The topological polar surface area (TPSA) is 45.7 Å². The molecule has 3 aromatic rings. The van der Waals surface area contributed by atoms with Gasteiger partial charge in [-0.05, 0) is 38.4 Å². The van der Waals surface area contributed by atoms with Crippen LogP contribution in [0.2, 0.25) is 4.34 Å². The lowest BCUT2D eigenvalue weighted by atomic mass is 10.3. The first-order valence-corrected chi connectivity index (χ1v) is 9.65. The van der Waals surface area contributed by atoms with Crippen molar-refractivity contribution in [3.63, 3.8) is 0 Å². The summed E-state index contributed by atoms with van der Waals surface area (Å²) in [5.74, 6) is 0.672. The first-order valence-electron chi connectivity index (χ1n) is 7.64. The normalized spacial score (nSPS) is 11.2. The van der Waals surface area contributed by atoms with Gasteiger partial charge in [0.2, 0.25) is 0 Å². The molecule has 0 N–H and O–H groups in total. The number of halogens is 1. The molecule has 0 aliphatic heterocycles. The zero-order valence-electron chi connectivity index (χ0n) is 14.2. The number of hydrogen-bond acceptors (Lipinski definition) is 6. The van der Waals surface area contributed by atoms with Crippen LogP contribution in [0, 0.1) is 0 Å². The van der Waals surface area contributed by atoms with Crippen LogP contribution in [0.4, 0.5) is 5.13 Å². The summed E-state index contributed by atoms with van der Waals surface area (Å²) in [5, 5.41) is 0.680. The molecule has 0 aliphatic carbocycles. The van der Waals surface area contributed by atoms with Crippen LogP contribution in [0.3, 0.4) is 0 Å². The molecule has 1 amide bonds. The Bertz CT molecular complexity index is 891. The third kappa shape index (κ3) is 4.12. The molecule has 2 aromatic heterocycles. The van der Waals surface area contributed by atoms with E-state index in [4.69, 9.17) is 16.3 Å². The van der Waals surface area contributed by atoms with E-state index in [-0.39, 0.29) is 5.91 Å². The van der Waals surface area contributed by atoms with Crippen molar-refractivity contribution in [3.8, 4) is 5.75 Å². The molecule has 0 saturated heterocycles. The van der Waals surface area contributed by atoms with Gasteiger partial charge in [-0.15, -0.1) is 11.3 Å². The lowest BCUT2D eigenvalue weighted by Crippen LogP contribution is -2.36. The molecular weight excluding hydrogens is 378 g/mol. The van der Waals surface area contributed by atoms with Crippen molar-refractivity contribution in [1.82, 2.24) is 9.88 Å². The first-order chi connectivity index (χ1) is 12.0. The van der Waals surface area contributed by atoms with E-state index in [1.807, 2.05) is 37.2 Å². The maximum Gasteiger partial charge on any atom is 0.270 e. The van der Waals surface area contributed by atoms with Crippen molar-refractivity contribution in [2.45, 2.75) is 0 Å². The predicted molar refractivity (Wildman–Crippen MR) is 106 cm³/mol. The molecule has 5 nitrogen and oxygen atoms in total. The number of amides is 1. The third-order valence-corrected chi connectivity index (χ3v) is 5.89. The molecule has 0 saturated carbocycles. The molecule has 0 bridgehead atoms. The fourth-order valence-corrected chi connectivity index (χ4v) is 4.25. The van der Waals surface area contributed by atoms with E-state index in [1.54, 1.807) is 24.1 Å². The number of benzene rings is 1. The molecule has 8 heteroatoms. The second kappa shape index (κ2) is 7.70. The zero-order valence-corrected chi connectivity index (χ0v) is 16.5. The van der Waals surface area contributed by atoms with Crippen LogP contribution in [-0.4, -0.2) is 50.1 Å². The fraction of sp³-hybridized carbons (Fsp3) is 0.294. The van der Waals surface area contributed by atoms with E-state index < -0.39 is 0 Å². The minimum atomic E-state index is -0.0789. The largest absolute Gasteiger partial charge is 0.497 e. The Hall–Kier alpha value is -1.67. The summed E-state index contributed by atoms with van der Waals surface area (Å²) >= 11 is 8.77. The summed E-state index contributed by atoms with van der Waals surface area (Å²) in [6.45, 7) is 1.29. The highest BCUT2D eigenvalue weighted by Crippen LogP contribution is 2.33. The number of anilines is 1. The Balaban J connectivity index is 1.97. The average Bonchev–Trinajstić information content (AvgIpc) is 3.19. The van der Waals surface area contributed by atoms with Crippen LogP contribution in [0.1, 0.15) is 9.67 Å². The maximum absolute atomic E-state index is 13.0. The molecule has 0 spiro atoms. The predicted octanol–water partition coefficient (Wildman–Crippen LogP) is 4.23. The number of aromatic nitrogens is 1. The quantitative estimate of drug-likeness (QED) is 0.626. The summed E-state index contributed by atoms with van der Waals surface area (Å²) in [4.78, 5) is 22.0. The van der Waals surface area contributed by atoms with Crippen LogP contribution in [0.15, 0.2) is 30.3 Å². The first kappa shape index (κ1) is 18.1. The van der Waals surface area contributed by atoms with Gasteiger partial charge in [0.15, 0.2) is 5.13 Å². The number of rotatable bonds is 6. The van der Waals surface area contributed by atoms with Crippen molar-refractivity contribution < 1.29 is 9.53 Å². The Morgan fingerprint density at radius 3 is 2.64 bits per heavy atom. The van der Waals surface area contributed by atoms with Crippen LogP contribution >= 0.6 is 34.3 Å². The Morgan fingerprint density at radius 2 is 2.00 bits per heavy atom. The molecule has 2 heterocycles. The van der Waals surface area contributed by atoms with E-state index in [9.17, 15) is 4.79 Å². The molecule has 0 fully saturated rings. The molecule has 0 atom stereocenters. The average molecular weight is 396 g/mol. The highest BCUT2D eigenvalue weighted by atomic mass is 35.5. The number of thiazole rings is 1. The minimum Gasteiger partial charge on any atom is -0.497 e. The highest BCUT2D eigenvalue weighted by molar-refractivity contribution is 7.22. The van der Waals surface area contributed by atoms with Gasteiger partial charge in [0.05, 0.1) is 26.5 Å². The van der Waals surface area contributed by atoms with Gasteiger partial charge >= 0.3 is 0 Å². The Kier molecular flexibility index (Phi) is 5.58. The van der Waals surface area contributed by atoms with E-state index in [0.29, 0.717) is 20.9 Å². The standard InChI is InChI=1S/C17H18ClN3O2S2/c1-20(2)8-9-21(16(22)14-6-7-15(18)24-14)17-19-12-10-11(23-3)4-5-13(12)25-17/h4-7,10H,8-9H2,1-3H3. The molecule has 25 heavy (non-hydrogen) atoms. The van der Waals surface area contributed by atoms with Gasteiger partial charge in [0.25, 0.3) is 5.91 Å². The molecule has 0 radical (unpaired) electrons. The molecule has 132 valence electrons. The van der Waals surface area contributed by atoms with E-state index >= 15 is 0 Å². The molecule has 0 aliphatic rings. The number of hydrogen-bond donors (Lipinski definition) is 0. The number of nitrogens with zero attached hydrogens (tertiary/aromatic N) is 3. The van der Waals surface area contributed by atoms with Crippen LogP contribution in [-0.2, 0) is 0 Å². The van der Waals surface area contributed by atoms with Gasteiger partial charge in [0.1, 0.15) is 5.75 Å². The Morgan fingerprint density at radius 1 is 1.20 bits per heavy atom. The number of methoxy groups -OCH3 is 1. The summed E-state index contributed by atoms with van der Waals surface area (Å²) in [6, 6.07) is 9.24. The fourth-order valence-electron chi connectivity index (χ4n) is 2.28. The van der Waals surface area contributed by atoms with Crippen molar-refractivity contribution in [2.75, 3.05) is 39.2 Å². The number of ether oxygens (including phenoxy) is 1. The Labute approximate surface area is 159 Å². The van der Waals surface area contributed by atoms with E-state index in [1.165, 1.54) is 22.7 Å². The van der Waals surface area contributed by atoms with Crippen LogP contribution < -0.4 is 9.64 Å². The SMILES string of the molecule is COc1ccc2sc(N(CCN(C)C)C(=O)c3ccc(Cl)s3)nc2c1. The number of thiophene rings is 1. The summed E-state index contributed by atoms with van der Waals surface area (Å²) in [6.07, 6.45) is 0. The second-order valence-electron chi connectivity index (χ2n) is 5.69. The van der Waals surface area contributed by atoms with Gasteiger partial charge < -0.3 is 9.64 Å². The zero-order chi connectivity index (χ0) is 18.0. The maximum atomic E-state index is 13.0. The van der Waals surface area contributed by atoms with Crippen molar-refractivity contribution >= 4 is 55.5 Å². The highest BCUT2D eigenvalue weighted by Gasteiger charge is 2.22. The number of carbonyl (C=O) groups is 1. The third-order valence-electron chi connectivity index (χ3n) is 3.61. The molecule has 1 aromatic carbocycles. The van der Waals surface area contributed by atoms with Crippen molar-refractivity contribution in [2.24, 2.45) is 0 Å². The van der Waals surface area contributed by atoms with Gasteiger partial charge in [0, 0.05) is 19.2 Å². The molecular formula is C17H18ClN3O2S2. The lowest BCUT2D eigenvalue weighted by Gasteiger charge is -2.21. The summed E-state index contributed by atoms with van der Waals surface area (Å²) < 4.78 is 6.87. The van der Waals surface area contributed by atoms with Crippen LogP contribution in [0.25, 0.3) is 10.2 Å². The monoisotopic (exact) mass is 395 g/mol.